The Labute approximate surface area is 147 Å². The molecule has 1 aromatic carbocycles. The van der Waals surface area contributed by atoms with Crippen molar-refractivity contribution < 1.29 is 14.7 Å². The molecule has 0 radical (unpaired) electrons. The van der Waals surface area contributed by atoms with E-state index in [1.165, 1.54) is 11.3 Å². The molecule has 122 valence electrons. The van der Waals surface area contributed by atoms with Crippen molar-refractivity contribution in [2.45, 2.75) is 23.5 Å². The second kappa shape index (κ2) is 8.38. The molecule has 0 aliphatic heterocycles. The molecule has 7 heteroatoms. The Morgan fingerprint density at radius 2 is 2.04 bits per heavy atom. The standard InChI is InChI=1S/C16H16ClNO3S2/c1-10(16(20)21)22-13-5-3-2-4-12(13)15(19)18-9-8-11-6-7-14(17)23-11/h2-7,10H,8-9H2,1H3,(H,18,19)(H,20,21). The molecule has 0 saturated heterocycles. The van der Waals surface area contributed by atoms with E-state index in [0.29, 0.717) is 23.4 Å². The van der Waals surface area contributed by atoms with Crippen LogP contribution in [0.15, 0.2) is 41.3 Å². The summed E-state index contributed by atoms with van der Waals surface area (Å²) < 4.78 is 0.732. The molecule has 1 heterocycles. The first kappa shape index (κ1) is 17.8. The SMILES string of the molecule is CC(Sc1ccccc1C(=O)NCCc1ccc(Cl)s1)C(=O)O. The van der Waals surface area contributed by atoms with E-state index in [1.54, 1.807) is 31.2 Å². The van der Waals surface area contributed by atoms with Gasteiger partial charge in [0, 0.05) is 16.3 Å². The summed E-state index contributed by atoms with van der Waals surface area (Å²) in [5.74, 6) is -1.10. The van der Waals surface area contributed by atoms with Gasteiger partial charge in [-0.05, 0) is 37.6 Å². The lowest BCUT2D eigenvalue weighted by atomic mass is 10.2. The zero-order valence-corrected chi connectivity index (χ0v) is 14.8. The van der Waals surface area contributed by atoms with Gasteiger partial charge in [0.2, 0.25) is 0 Å². The summed E-state index contributed by atoms with van der Waals surface area (Å²) in [6.07, 6.45) is 0.712. The number of hydrogen-bond acceptors (Lipinski definition) is 4. The first-order chi connectivity index (χ1) is 11.0. The molecule has 2 rings (SSSR count). The summed E-state index contributed by atoms with van der Waals surface area (Å²) in [6.45, 7) is 2.10. The second-order valence-electron chi connectivity index (χ2n) is 4.81. The summed E-state index contributed by atoms with van der Waals surface area (Å²) in [7, 11) is 0. The van der Waals surface area contributed by atoms with Crippen LogP contribution in [0.1, 0.15) is 22.2 Å². The number of halogens is 1. The highest BCUT2D eigenvalue weighted by molar-refractivity contribution is 8.00. The van der Waals surface area contributed by atoms with E-state index in [1.807, 2.05) is 12.1 Å². The smallest absolute Gasteiger partial charge is 0.316 e. The summed E-state index contributed by atoms with van der Waals surface area (Å²) in [4.78, 5) is 25.1. The average Bonchev–Trinajstić information content (AvgIpc) is 2.93. The number of rotatable bonds is 7. The van der Waals surface area contributed by atoms with Crippen molar-refractivity contribution >= 4 is 46.6 Å². The molecule has 2 aromatic rings. The van der Waals surface area contributed by atoms with E-state index in [4.69, 9.17) is 16.7 Å². The zero-order chi connectivity index (χ0) is 16.8. The number of aliphatic carboxylic acids is 1. The van der Waals surface area contributed by atoms with Crippen molar-refractivity contribution in [3.8, 4) is 0 Å². The van der Waals surface area contributed by atoms with E-state index in [0.717, 1.165) is 21.0 Å². The maximum Gasteiger partial charge on any atom is 0.316 e. The molecule has 0 aliphatic rings. The van der Waals surface area contributed by atoms with Gasteiger partial charge in [-0.3, -0.25) is 9.59 Å². The van der Waals surface area contributed by atoms with Gasteiger partial charge in [0.25, 0.3) is 5.91 Å². The molecule has 0 fully saturated rings. The fraction of sp³-hybridized carbons (Fsp3) is 0.250. The minimum atomic E-state index is -0.903. The van der Waals surface area contributed by atoms with Gasteiger partial charge in [0.1, 0.15) is 5.25 Å². The van der Waals surface area contributed by atoms with Gasteiger partial charge in [0.15, 0.2) is 0 Å². The maximum atomic E-state index is 12.3. The van der Waals surface area contributed by atoms with Gasteiger partial charge >= 0.3 is 5.97 Å². The number of carboxylic acid groups (broad SMARTS) is 1. The van der Waals surface area contributed by atoms with Crippen molar-refractivity contribution in [3.63, 3.8) is 0 Å². The van der Waals surface area contributed by atoms with Gasteiger partial charge in [-0.1, -0.05) is 23.7 Å². The lowest BCUT2D eigenvalue weighted by Gasteiger charge is -2.11. The number of carbonyl (C=O) groups is 2. The number of thiophene rings is 1. The fourth-order valence-corrected chi connectivity index (χ4v) is 3.89. The van der Waals surface area contributed by atoms with Crippen LogP contribution in [0.25, 0.3) is 0 Å². The van der Waals surface area contributed by atoms with Crippen LogP contribution in [0.2, 0.25) is 4.34 Å². The second-order valence-corrected chi connectivity index (χ2v) is 7.99. The van der Waals surface area contributed by atoms with E-state index in [9.17, 15) is 9.59 Å². The number of nitrogens with one attached hydrogen (secondary N) is 1. The molecule has 0 bridgehead atoms. The molecule has 2 N–H and O–H groups in total. The van der Waals surface area contributed by atoms with Gasteiger partial charge in [-0.15, -0.1) is 23.1 Å². The van der Waals surface area contributed by atoms with Crippen LogP contribution < -0.4 is 5.32 Å². The molecule has 0 aliphatic carbocycles. The first-order valence-electron chi connectivity index (χ1n) is 6.98. The Morgan fingerprint density at radius 1 is 1.30 bits per heavy atom. The monoisotopic (exact) mass is 369 g/mol. The Balaban J connectivity index is 1.97. The number of hydrogen-bond donors (Lipinski definition) is 2. The van der Waals surface area contributed by atoms with Crippen LogP contribution in [0.5, 0.6) is 0 Å². The summed E-state index contributed by atoms with van der Waals surface area (Å²) in [5.41, 5.74) is 0.495. The minimum Gasteiger partial charge on any atom is -0.480 e. The van der Waals surface area contributed by atoms with Crippen LogP contribution in [-0.4, -0.2) is 28.8 Å². The molecule has 23 heavy (non-hydrogen) atoms. The molecular formula is C16H16ClNO3S2. The molecule has 4 nitrogen and oxygen atoms in total. The summed E-state index contributed by atoms with van der Waals surface area (Å²) >= 11 is 8.53. The Bertz CT molecular complexity index is 702. The van der Waals surface area contributed by atoms with Crippen molar-refractivity contribution in [1.82, 2.24) is 5.32 Å². The summed E-state index contributed by atoms with van der Waals surface area (Å²) in [5, 5.41) is 11.3. The summed E-state index contributed by atoms with van der Waals surface area (Å²) in [6, 6.07) is 10.8. The van der Waals surface area contributed by atoms with Crippen LogP contribution >= 0.6 is 34.7 Å². The minimum absolute atomic E-state index is 0.201. The van der Waals surface area contributed by atoms with Gasteiger partial charge in [-0.2, -0.15) is 0 Å². The predicted molar refractivity (Wildman–Crippen MR) is 94.8 cm³/mol. The Hall–Kier alpha value is -1.50. The first-order valence-corrected chi connectivity index (χ1v) is 9.05. The zero-order valence-electron chi connectivity index (χ0n) is 12.4. The van der Waals surface area contributed by atoms with Crippen LogP contribution in [0.4, 0.5) is 0 Å². The van der Waals surface area contributed by atoms with Crippen molar-refractivity contribution in [1.29, 1.82) is 0 Å². The molecule has 1 unspecified atom stereocenters. The molecule has 1 aromatic heterocycles. The number of carbonyl (C=O) groups excluding carboxylic acids is 1. The van der Waals surface area contributed by atoms with E-state index >= 15 is 0 Å². The van der Waals surface area contributed by atoms with E-state index in [-0.39, 0.29) is 5.91 Å². The number of amides is 1. The van der Waals surface area contributed by atoms with Gasteiger partial charge in [0.05, 0.1) is 9.90 Å². The number of thioether (sulfide) groups is 1. The van der Waals surface area contributed by atoms with Crippen molar-refractivity contribution in [2.24, 2.45) is 0 Å². The van der Waals surface area contributed by atoms with Crippen LogP contribution in [0.3, 0.4) is 0 Å². The highest BCUT2D eigenvalue weighted by Crippen LogP contribution is 2.27. The number of carboxylic acids is 1. The largest absolute Gasteiger partial charge is 0.480 e. The predicted octanol–water partition coefficient (Wildman–Crippen LogP) is 3.94. The van der Waals surface area contributed by atoms with Gasteiger partial charge in [-0.25, -0.2) is 0 Å². The highest BCUT2D eigenvalue weighted by Gasteiger charge is 2.17. The fourth-order valence-electron chi connectivity index (χ4n) is 1.88. The highest BCUT2D eigenvalue weighted by atomic mass is 35.5. The third kappa shape index (κ3) is 5.27. The van der Waals surface area contributed by atoms with Crippen molar-refractivity contribution in [3.05, 3.63) is 51.2 Å². The third-order valence-corrected chi connectivity index (χ3v) is 5.53. The van der Waals surface area contributed by atoms with Crippen LogP contribution in [-0.2, 0) is 11.2 Å². The van der Waals surface area contributed by atoms with E-state index < -0.39 is 11.2 Å². The molecular weight excluding hydrogens is 354 g/mol. The molecule has 1 amide bonds. The topological polar surface area (TPSA) is 66.4 Å². The number of benzene rings is 1. The van der Waals surface area contributed by atoms with Crippen LogP contribution in [0, 0.1) is 0 Å². The lowest BCUT2D eigenvalue weighted by molar-refractivity contribution is -0.136. The lowest BCUT2D eigenvalue weighted by Crippen LogP contribution is -2.26. The normalized spacial score (nSPS) is 11.9. The third-order valence-electron chi connectivity index (χ3n) is 3.07. The molecule has 0 spiro atoms. The maximum absolute atomic E-state index is 12.3. The van der Waals surface area contributed by atoms with E-state index in [2.05, 4.69) is 5.32 Å². The van der Waals surface area contributed by atoms with Crippen molar-refractivity contribution in [2.75, 3.05) is 6.54 Å². The Kier molecular flexibility index (Phi) is 6.50. The molecule has 1 atom stereocenters. The average molecular weight is 370 g/mol. The Morgan fingerprint density at radius 3 is 2.70 bits per heavy atom. The molecule has 0 saturated carbocycles. The van der Waals surface area contributed by atoms with Gasteiger partial charge < -0.3 is 10.4 Å². The quantitative estimate of drug-likeness (QED) is 0.725.